The molecule has 2 N–H and O–H groups in total. The Morgan fingerprint density at radius 1 is 0.971 bits per heavy atom. The van der Waals surface area contributed by atoms with Gasteiger partial charge in [-0.3, -0.25) is 4.72 Å². The van der Waals surface area contributed by atoms with E-state index in [-0.39, 0.29) is 16.1 Å². The summed E-state index contributed by atoms with van der Waals surface area (Å²) in [5.74, 6) is -0.697. The van der Waals surface area contributed by atoms with Crippen LogP contribution in [-0.4, -0.2) is 52.8 Å². The van der Waals surface area contributed by atoms with Crippen LogP contribution in [0.25, 0.3) is 0 Å². The van der Waals surface area contributed by atoms with Crippen molar-refractivity contribution in [3.8, 4) is 5.75 Å². The Balaban J connectivity index is 1.52. The lowest BCUT2D eigenvalue weighted by atomic mass is 10.1. The van der Waals surface area contributed by atoms with Crippen molar-refractivity contribution in [3.05, 3.63) is 76.8 Å². The number of rotatable bonds is 7. The highest BCUT2D eigenvalue weighted by molar-refractivity contribution is 7.92. The summed E-state index contributed by atoms with van der Waals surface area (Å²) in [6.07, 6.45) is 0. The van der Waals surface area contributed by atoms with Gasteiger partial charge in [0.2, 0.25) is 0 Å². The average molecular weight is 516 g/mol. The minimum absolute atomic E-state index is 0.00487. The van der Waals surface area contributed by atoms with E-state index in [1.807, 2.05) is 25.1 Å². The summed E-state index contributed by atoms with van der Waals surface area (Å²) in [5, 5.41) is 10.5. The molecule has 0 unspecified atom stereocenters. The van der Waals surface area contributed by atoms with Crippen LogP contribution in [-0.2, 0) is 10.0 Å². The van der Waals surface area contributed by atoms with Crippen molar-refractivity contribution in [2.75, 3.05) is 47.8 Å². The number of nitrogens with zero attached hydrogens (tertiary/aromatic N) is 2. The van der Waals surface area contributed by atoms with Gasteiger partial charge in [0, 0.05) is 42.6 Å². The molecule has 1 aliphatic rings. The number of carboxylic acids is 1. The van der Waals surface area contributed by atoms with Gasteiger partial charge in [-0.2, -0.15) is 0 Å². The van der Waals surface area contributed by atoms with Gasteiger partial charge in [0.05, 0.1) is 23.3 Å². The molecule has 184 valence electrons. The molecule has 1 heterocycles. The maximum Gasteiger partial charge on any atom is 0.337 e. The van der Waals surface area contributed by atoms with Crippen molar-refractivity contribution in [2.45, 2.75) is 11.8 Å². The minimum atomic E-state index is -3.98. The van der Waals surface area contributed by atoms with Crippen LogP contribution < -0.4 is 19.3 Å². The lowest BCUT2D eigenvalue weighted by molar-refractivity contribution is 0.0698. The molecule has 0 spiro atoms. The van der Waals surface area contributed by atoms with E-state index in [0.29, 0.717) is 23.9 Å². The van der Waals surface area contributed by atoms with Crippen molar-refractivity contribution >= 4 is 44.7 Å². The first-order chi connectivity index (χ1) is 16.7. The smallest absolute Gasteiger partial charge is 0.337 e. The van der Waals surface area contributed by atoms with Crippen LogP contribution in [0, 0.1) is 6.92 Å². The summed E-state index contributed by atoms with van der Waals surface area (Å²) in [7, 11) is -2.49. The highest BCUT2D eigenvalue weighted by atomic mass is 35.5. The number of anilines is 3. The Labute approximate surface area is 209 Å². The molecule has 10 heteroatoms. The predicted molar refractivity (Wildman–Crippen MR) is 138 cm³/mol. The number of halogens is 1. The standard InChI is InChI=1S/C25H26ClN3O5S/c1-17-3-4-18(26)15-24(17)29-13-11-28(12-14-29)19-5-10-23(22(16-19)25(30)31)27-35(32,33)21-8-6-20(34-2)7-9-21/h3-10,15-16,27H,11-14H2,1-2H3,(H,30,31). The van der Waals surface area contributed by atoms with Crippen LogP contribution in [0.5, 0.6) is 5.75 Å². The van der Waals surface area contributed by atoms with Crippen molar-refractivity contribution in [1.82, 2.24) is 0 Å². The SMILES string of the molecule is COc1ccc(S(=O)(=O)Nc2ccc(N3CCN(c4cc(Cl)ccc4C)CC3)cc2C(=O)O)cc1. The van der Waals surface area contributed by atoms with Crippen molar-refractivity contribution in [2.24, 2.45) is 0 Å². The molecule has 1 aliphatic heterocycles. The number of hydrogen-bond donors (Lipinski definition) is 2. The Morgan fingerprint density at radius 3 is 2.26 bits per heavy atom. The van der Waals surface area contributed by atoms with Gasteiger partial charge in [0.1, 0.15) is 5.75 Å². The number of methoxy groups -OCH3 is 1. The second-order valence-electron chi connectivity index (χ2n) is 8.22. The molecule has 0 aromatic heterocycles. The number of ether oxygens (including phenoxy) is 1. The van der Waals surface area contributed by atoms with Gasteiger partial charge in [-0.05, 0) is 67.1 Å². The Morgan fingerprint density at radius 2 is 1.63 bits per heavy atom. The summed E-state index contributed by atoms with van der Waals surface area (Å²) in [6.45, 7) is 4.90. The van der Waals surface area contributed by atoms with E-state index in [1.165, 1.54) is 43.5 Å². The second-order valence-corrected chi connectivity index (χ2v) is 10.3. The molecule has 0 aliphatic carbocycles. The molecular weight excluding hydrogens is 490 g/mol. The highest BCUT2D eigenvalue weighted by Crippen LogP contribution is 2.29. The predicted octanol–water partition coefficient (Wildman–Crippen LogP) is 4.48. The van der Waals surface area contributed by atoms with Gasteiger partial charge in [0.15, 0.2) is 0 Å². The van der Waals surface area contributed by atoms with Gasteiger partial charge in [-0.25, -0.2) is 13.2 Å². The van der Waals surface area contributed by atoms with Crippen LogP contribution in [0.15, 0.2) is 65.6 Å². The number of sulfonamides is 1. The van der Waals surface area contributed by atoms with E-state index in [4.69, 9.17) is 16.3 Å². The van der Waals surface area contributed by atoms with Crippen molar-refractivity contribution < 1.29 is 23.1 Å². The quantitative estimate of drug-likeness (QED) is 0.478. The van der Waals surface area contributed by atoms with E-state index >= 15 is 0 Å². The lowest BCUT2D eigenvalue weighted by Crippen LogP contribution is -2.46. The first-order valence-corrected chi connectivity index (χ1v) is 12.8. The average Bonchev–Trinajstić information content (AvgIpc) is 2.85. The molecule has 4 rings (SSSR count). The molecule has 0 atom stereocenters. The Hall–Kier alpha value is -3.43. The van der Waals surface area contributed by atoms with Gasteiger partial charge in [-0.15, -0.1) is 0 Å². The molecule has 0 bridgehead atoms. The third-order valence-electron chi connectivity index (χ3n) is 6.00. The third kappa shape index (κ3) is 5.47. The van der Waals surface area contributed by atoms with E-state index in [2.05, 4.69) is 14.5 Å². The molecule has 3 aromatic rings. The van der Waals surface area contributed by atoms with Crippen LogP contribution in [0.2, 0.25) is 5.02 Å². The van der Waals surface area contributed by atoms with Gasteiger partial charge in [-0.1, -0.05) is 17.7 Å². The van der Waals surface area contributed by atoms with Crippen molar-refractivity contribution in [1.29, 1.82) is 0 Å². The number of aromatic carboxylic acids is 1. The monoisotopic (exact) mass is 515 g/mol. The maximum atomic E-state index is 12.8. The van der Waals surface area contributed by atoms with E-state index < -0.39 is 16.0 Å². The van der Waals surface area contributed by atoms with Gasteiger partial charge < -0.3 is 19.6 Å². The number of piperazine rings is 1. The number of carbonyl (C=O) groups is 1. The molecular formula is C25H26ClN3O5S. The van der Waals surface area contributed by atoms with E-state index in [0.717, 1.165) is 30.0 Å². The summed E-state index contributed by atoms with van der Waals surface area (Å²) in [6, 6.07) is 16.4. The molecule has 35 heavy (non-hydrogen) atoms. The summed E-state index contributed by atoms with van der Waals surface area (Å²) < 4.78 is 33.1. The van der Waals surface area contributed by atoms with Crippen LogP contribution in [0.4, 0.5) is 17.1 Å². The van der Waals surface area contributed by atoms with Crippen molar-refractivity contribution in [3.63, 3.8) is 0 Å². The molecule has 0 saturated carbocycles. The van der Waals surface area contributed by atoms with Crippen LogP contribution in [0.1, 0.15) is 15.9 Å². The minimum Gasteiger partial charge on any atom is -0.497 e. The zero-order valence-corrected chi connectivity index (χ0v) is 20.9. The van der Waals surface area contributed by atoms with Crippen LogP contribution in [0.3, 0.4) is 0 Å². The fourth-order valence-electron chi connectivity index (χ4n) is 4.08. The van der Waals surface area contributed by atoms with Gasteiger partial charge >= 0.3 is 5.97 Å². The van der Waals surface area contributed by atoms with Crippen LogP contribution >= 0.6 is 11.6 Å². The molecule has 3 aromatic carbocycles. The molecule has 0 amide bonds. The zero-order chi connectivity index (χ0) is 25.2. The lowest BCUT2D eigenvalue weighted by Gasteiger charge is -2.38. The normalized spacial score (nSPS) is 14.0. The first kappa shape index (κ1) is 24.7. The molecule has 8 nitrogen and oxygen atoms in total. The number of benzene rings is 3. The molecule has 1 fully saturated rings. The molecule has 1 saturated heterocycles. The number of hydrogen-bond acceptors (Lipinski definition) is 6. The second kappa shape index (κ2) is 10.1. The largest absolute Gasteiger partial charge is 0.497 e. The summed E-state index contributed by atoms with van der Waals surface area (Å²) in [5.41, 5.74) is 2.84. The summed E-state index contributed by atoms with van der Waals surface area (Å²) in [4.78, 5) is 16.3. The number of aryl methyl sites for hydroxylation is 1. The molecule has 0 radical (unpaired) electrons. The number of nitrogens with one attached hydrogen (secondary N) is 1. The fraction of sp³-hybridized carbons (Fsp3) is 0.240. The van der Waals surface area contributed by atoms with E-state index in [9.17, 15) is 18.3 Å². The number of carboxylic acid groups (broad SMARTS) is 1. The Bertz CT molecular complexity index is 1340. The maximum absolute atomic E-state index is 12.8. The summed E-state index contributed by atoms with van der Waals surface area (Å²) >= 11 is 6.17. The van der Waals surface area contributed by atoms with E-state index in [1.54, 1.807) is 6.07 Å². The first-order valence-electron chi connectivity index (χ1n) is 11.0. The van der Waals surface area contributed by atoms with Gasteiger partial charge in [0.25, 0.3) is 10.0 Å². The zero-order valence-electron chi connectivity index (χ0n) is 19.4. The highest BCUT2D eigenvalue weighted by Gasteiger charge is 2.23. The third-order valence-corrected chi connectivity index (χ3v) is 7.62. The fourth-order valence-corrected chi connectivity index (χ4v) is 5.33. The topological polar surface area (TPSA) is 99.2 Å². The Kier molecular flexibility index (Phi) is 7.09.